The average Bonchev–Trinajstić information content (AvgIpc) is 2.30. The molecule has 2 atom stereocenters. The van der Waals surface area contributed by atoms with Gasteiger partial charge in [0.1, 0.15) is 0 Å². The zero-order valence-corrected chi connectivity index (χ0v) is 12.2. The summed E-state index contributed by atoms with van der Waals surface area (Å²) >= 11 is 0. The van der Waals surface area contributed by atoms with E-state index in [0.29, 0.717) is 6.54 Å². The zero-order valence-electron chi connectivity index (χ0n) is 11.4. The lowest BCUT2D eigenvalue weighted by molar-refractivity contribution is 0.186. The van der Waals surface area contributed by atoms with Gasteiger partial charge in [-0.1, -0.05) is 6.92 Å². The molecule has 0 saturated carbocycles. The Balaban J connectivity index is 2.34. The van der Waals surface area contributed by atoms with E-state index in [-0.39, 0.29) is 30.2 Å². The first-order valence-corrected chi connectivity index (χ1v) is 8.59. The predicted molar refractivity (Wildman–Crippen MR) is 73.5 cm³/mol. The van der Waals surface area contributed by atoms with Crippen LogP contribution in [0, 0.1) is 0 Å². The van der Waals surface area contributed by atoms with E-state index in [0.717, 1.165) is 25.9 Å². The number of aliphatic hydroxyl groups is 1. The SMILES string of the molecule is CCCNC(CO)CCN1CCS(=O)(=O)CC1C. The first-order chi connectivity index (χ1) is 8.48. The first-order valence-electron chi connectivity index (χ1n) is 6.77. The van der Waals surface area contributed by atoms with Crippen LogP contribution < -0.4 is 5.32 Å². The average molecular weight is 278 g/mol. The third kappa shape index (κ3) is 5.22. The van der Waals surface area contributed by atoms with E-state index in [1.165, 1.54) is 0 Å². The molecule has 1 aliphatic heterocycles. The normalized spacial score (nSPS) is 26.1. The van der Waals surface area contributed by atoms with Crippen molar-refractivity contribution in [3.8, 4) is 0 Å². The third-order valence-electron chi connectivity index (χ3n) is 3.48. The Morgan fingerprint density at radius 1 is 1.50 bits per heavy atom. The maximum Gasteiger partial charge on any atom is 0.153 e. The molecule has 0 bridgehead atoms. The van der Waals surface area contributed by atoms with E-state index >= 15 is 0 Å². The molecule has 0 aromatic carbocycles. The highest BCUT2D eigenvalue weighted by atomic mass is 32.2. The summed E-state index contributed by atoms with van der Waals surface area (Å²) in [4.78, 5) is 2.21. The number of hydrogen-bond donors (Lipinski definition) is 2. The number of aliphatic hydroxyl groups excluding tert-OH is 1. The Kier molecular flexibility index (Phi) is 6.55. The van der Waals surface area contributed by atoms with E-state index in [1.54, 1.807) is 0 Å². The van der Waals surface area contributed by atoms with E-state index in [1.807, 2.05) is 6.92 Å². The van der Waals surface area contributed by atoms with Crippen molar-refractivity contribution >= 4 is 9.84 Å². The topological polar surface area (TPSA) is 69.6 Å². The fourth-order valence-electron chi connectivity index (χ4n) is 2.29. The molecule has 1 saturated heterocycles. The Bertz CT molecular complexity index is 332. The highest BCUT2D eigenvalue weighted by Crippen LogP contribution is 2.12. The molecule has 2 unspecified atom stereocenters. The van der Waals surface area contributed by atoms with Crippen molar-refractivity contribution in [3.63, 3.8) is 0 Å². The number of hydrogen-bond acceptors (Lipinski definition) is 5. The summed E-state index contributed by atoms with van der Waals surface area (Å²) in [6.07, 6.45) is 1.91. The minimum atomic E-state index is -2.83. The second kappa shape index (κ2) is 7.43. The smallest absolute Gasteiger partial charge is 0.153 e. The molecule has 108 valence electrons. The van der Waals surface area contributed by atoms with Gasteiger partial charge in [0.25, 0.3) is 0 Å². The number of nitrogens with one attached hydrogen (secondary N) is 1. The molecule has 2 N–H and O–H groups in total. The molecule has 6 heteroatoms. The molecule has 0 radical (unpaired) electrons. The van der Waals surface area contributed by atoms with Crippen LogP contribution in [0.4, 0.5) is 0 Å². The van der Waals surface area contributed by atoms with Gasteiger partial charge in [-0.2, -0.15) is 0 Å². The number of nitrogens with zero attached hydrogens (tertiary/aromatic N) is 1. The van der Waals surface area contributed by atoms with Crippen molar-refractivity contribution in [2.75, 3.05) is 37.7 Å². The van der Waals surface area contributed by atoms with Gasteiger partial charge >= 0.3 is 0 Å². The largest absolute Gasteiger partial charge is 0.395 e. The summed E-state index contributed by atoms with van der Waals surface area (Å²) in [5, 5.41) is 12.5. The van der Waals surface area contributed by atoms with E-state index in [2.05, 4.69) is 17.1 Å². The maximum atomic E-state index is 11.5. The third-order valence-corrected chi connectivity index (χ3v) is 5.27. The maximum absolute atomic E-state index is 11.5. The monoisotopic (exact) mass is 278 g/mol. The Hall–Kier alpha value is -0.170. The molecule has 0 amide bonds. The molecular weight excluding hydrogens is 252 g/mol. The van der Waals surface area contributed by atoms with Gasteiger partial charge in [0.2, 0.25) is 0 Å². The summed E-state index contributed by atoms with van der Waals surface area (Å²) < 4.78 is 22.9. The quantitative estimate of drug-likeness (QED) is 0.678. The molecule has 0 aromatic heterocycles. The Morgan fingerprint density at radius 3 is 2.78 bits per heavy atom. The Morgan fingerprint density at radius 2 is 2.22 bits per heavy atom. The van der Waals surface area contributed by atoms with Crippen molar-refractivity contribution in [1.82, 2.24) is 10.2 Å². The number of sulfone groups is 1. The molecule has 1 aliphatic rings. The molecule has 1 fully saturated rings. The van der Waals surface area contributed by atoms with Crippen LogP contribution >= 0.6 is 0 Å². The molecule has 0 aromatic rings. The molecule has 0 spiro atoms. The number of rotatable bonds is 7. The lowest BCUT2D eigenvalue weighted by atomic mass is 10.2. The van der Waals surface area contributed by atoms with Gasteiger partial charge in [-0.15, -0.1) is 0 Å². The van der Waals surface area contributed by atoms with Crippen molar-refractivity contribution < 1.29 is 13.5 Å². The van der Waals surface area contributed by atoms with Crippen LogP contribution in [0.3, 0.4) is 0 Å². The first kappa shape index (κ1) is 15.9. The van der Waals surface area contributed by atoms with Gasteiger partial charge in [0, 0.05) is 25.2 Å². The summed E-state index contributed by atoms with van der Waals surface area (Å²) in [6.45, 7) is 6.58. The summed E-state index contributed by atoms with van der Waals surface area (Å²) in [5.74, 6) is 0.530. The lowest BCUT2D eigenvalue weighted by Gasteiger charge is -2.34. The van der Waals surface area contributed by atoms with Gasteiger partial charge in [0.05, 0.1) is 18.1 Å². The van der Waals surface area contributed by atoms with Gasteiger partial charge < -0.3 is 10.4 Å². The van der Waals surface area contributed by atoms with Crippen molar-refractivity contribution in [2.45, 2.75) is 38.8 Å². The van der Waals surface area contributed by atoms with Gasteiger partial charge in [-0.3, -0.25) is 4.90 Å². The van der Waals surface area contributed by atoms with Crippen LogP contribution in [0.2, 0.25) is 0 Å². The minimum absolute atomic E-state index is 0.0919. The highest BCUT2D eigenvalue weighted by molar-refractivity contribution is 7.91. The van der Waals surface area contributed by atoms with Crippen molar-refractivity contribution in [1.29, 1.82) is 0 Å². The fraction of sp³-hybridized carbons (Fsp3) is 1.00. The van der Waals surface area contributed by atoms with Gasteiger partial charge in [-0.05, 0) is 26.3 Å². The van der Waals surface area contributed by atoms with Crippen LogP contribution in [-0.2, 0) is 9.84 Å². The zero-order chi connectivity index (χ0) is 13.6. The molecule has 5 nitrogen and oxygen atoms in total. The summed E-state index contributed by atoms with van der Waals surface area (Å²) in [6, 6.07) is 0.213. The van der Waals surface area contributed by atoms with Crippen LogP contribution in [0.1, 0.15) is 26.7 Å². The molecular formula is C12H26N2O3S. The minimum Gasteiger partial charge on any atom is -0.395 e. The lowest BCUT2D eigenvalue weighted by Crippen LogP contribution is -2.48. The summed E-state index contributed by atoms with van der Waals surface area (Å²) in [7, 11) is -2.83. The van der Waals surface area contributed by atoms with Crippen LogP contribution in [-0.4, -0.2) is 68.3 Å². The van der Waals surface area contributed by atoms with E-state index in [9.17, 15) is 13.5 Å². The fourth-order valence-corrected chi connectivity index (χ4v) is 3.92. The second-order valence-corrected chi connectivity index (χ2v) is 7.35. The second-order valence-electron chi connectivity index (χ2n) is 5.12. The molecule has 0 aliphatic carbocycles. The molecule has 1 rings (SSSR count). The standard InChI is InChI=1S/C12H26N2O3S/c1-3-5-13-12(9-15)4-6-14-7-8-18(16,17)10-11(14)2/h11-13,15H,3-10H2,1-2H3. The van der Waals surface area contributed by atoms with Crippen molar-refractivity contribution in [3.05, 3.63) is 0 Å². The van der Waals surface area contributed by atoms with Gasteiger partial charge in [0.15, 0.2) is 9.84 Å². The Labute approximate surface area is 110 Å². The van der Waals surface area contributed by atoms with Crippen molar-refractivity contribution in [2.24, 2.45) is 0 Å². The predicted octanol–water partition coefficient (Wildman–Crippen LogP) is -0.144. The molecule has 18 heavy (non-hydrogen) atoms. The van der Waals surface area contributed by atoms with Crippen LogP contribution in [0.15, 0.2) is 0 Å². The van der Waals surface area contributed by atoms with Gasteiger partial charge in [-0.25, -0.2) is 8.42 Å². The van der Waals surface area contributed by atoms with Crippen LogP contribution in [0.25, 0.3) is 0 Å². The summed E-state index contributed by atoms with van der Waals surface area (Å²) in [5.41, 5.74) is 0. The molecule has 1 heterocycles. The van der Waals surface area contributed by atoms with E-state index in [4.69, 9.17) is 0 Å². The highest BCUT2D eigenvalue weighted by Gasteiger charge is 2.27. The van der Waals surface area contributed by atoms with E-state index < -0.39 is 9.84 Å². The van der Waals surface area contributed by atoms with Crippen LogP contribution in [0.5, 0.6) is 0 Å².